The van der Waals surface area contributed by atoms with Crippen molar-refractivity contribution in [2.24, 2.45) is 0 Å². The van der Waals surface area contributed by atoms with Crippen molar-refractivity contribution in [3.8, 4) is 5.75 Å². The second-order valence-corrected chi connectivity index (χ2v) is 7.53. The van der Waals surface area contributed by atoms with Gasteiger partial charge in [-0.05, 0) is 47.0 Å². The first kappa shape index (κ1) is 18.0. The molecule has 3 aromatic rings. The summed E-state index contributed by atoms with van der Waals surface area (Å²) in [5.41, 5.74) is 7.58. The van der Waals surface area contributed by atoms with Crippen molar-refractivity contribution in [3.63, 3.8) is 0 Å². The van der Waals surface area contributed by atoms with Gasteiger partial charge < -0.3 is 14.8 Å². The second-order valence-electron chi connectivity index (χ2n) is 6.68. The van der Waals surface area contributed by atoms with E-state index in [1.54, 1.807) is 0 Å². The third-order valence-electron chi connectivity index (χ3n) is 4.82. The number of pyridine rings is 1. The molecule has 2 aromatic carbocycles. The molecule has 1 aromatic heterocycles. The van der Waals surface area contributed by atoms with Crippen LogP contribution >= 0.6 is 15.9 Å². The first-order chi connectivity index (χ1) is 13.1. The summed E-state index contributed by atoms with van der Waals surface area (Å²) in [6.07, 6.45) is 1.83. The monoisotopic (exact) mass is 424 g/mol. The van der Waals surface area contributed by atoms with Crippen LogP contribution in [0, 0.1) is 13.8 Å². The molecular weight excluding hydrogens is 404 g/mol. The van der Waals surface area contributed by atoms with Crippen molar-refractivity contribution >= 4 is 27.3 Å². The summed E-state index contributed by atoms with van der Waals surface area (Å²) in [6.45, 7) is 5.87. The number of halogens is 1. The van der Waals surface area contributed by atoms with Gasteiger partial charge in [0.2, 0.25) is 0 Å². The van der Waals surface area contributed by atoms with Gasteiger partial charge in [-0.1, -0.05) is 36.4 Å². The molecule has 0 radical (unpaired) electrons. The van der Waals surface area contributed by atoms with E-state index in [-0.39, 0.29) is 0 Å². The molecule has 0 fully saturated rings. The van der Waals surface area contributed by atoms with Crippen molar-refractivity contribution in [2.75, 3.05) is 5.32 Å². The largest absolute Gasteiger partial charge is 0.489 e. The Balaban J connectivity index is 1.63. The molecule has 5 heteroatoms. The molecule has 2 heterocycles. The van der Waals surface area contributed by atoms with Gasteiger partial charge in [0, 0.05) is 23.0 Å². The predicted octanol–water partition coefficient (Wildman–Crippen LogP) is 5.81. The number of hydrogen-bond donors (Lipinski definition) is 1. The topological polar surface area (TPSA) is 43.4 Å². The quantitative estimate of drug-likeness (QED) is 0.560. The van der Waals surface area contributed by atoms with E-state index in [0.29, 0.717) is 19.8 Å². The summed E-state index contributed by atoms with van der Waals surface area (Å²) in [4.78, 5) is 4.45. The highest BCUT2D eigenvalue weighted by Crippen LogP contribution is 2.38. The van der Waals surface area contributed by atoms with Crippen LogP contribution < -0.4 is 10.1 Å². The number of fused-ring (bicyclic) bond motifs is 1. The molecule has 4 rings (SSSR count). The minimum absolute atomic E-state index is 0.548. The molecule has 0 unspecified atom stereocenters. The number of rotatable bonds is 5. The maximum absolute atomic E-state index is 6.09. The lowest BCUT2D eigenvalue weighted by Gasteiger charge is -2.19. The zero-order valence-corrected chi connectivity index (χ0v) is 17.0. The molecule has 1 N–H and O–H groups in total. The lowest BCUT2D eigenvalue weighted by Crippen LogP contribution is -2.04. The van der Waals surface area contributed by atoms with Crippen molar-refractivity contribution in [2.45, 2.75) is 33.7 Å². The Morgan fingerprint density at radius 3 is 2.70 bits per heavy atom. The molecule has 0 spiro atoms. The number of aromatic nitrogens is 1. The van der Waals surface area contributed by atoms with Gasteiger partial charge in [-0.15, -0.1) is 0 Å². The minimum Gasteiger partial charge on any atom is -0.489 e. The van der Waals surface area contributed by atoms with Gasteiger partial charge in [-0.25, -0.2) is 0 Å². The van der Waals surface area contributed by atoms with Crippen molar-refractivity contribution in [1.29, 1.82) is 0 Å². The molecule has 138 valence electrons. The summed E-state index contributed by atoms with van der Waals surface area (Å²) in [6, 6.07) is 14.3. The van der Waals surface area contributed by atoms with Gasteiger partial charge in [0.05, 0.1) is 29.1 Å². The zero-order valence-electron chi connectivity index (χ0n) is 15.4. The second kappa shape index (κ2) is 7.71. The number of hydrogen-bond acceptors (Lipinski definition) is 4. The van der Waals surface area contributed by atoms with E-state index in [0.717, 1.165) is 49.5 Å². The summed E-state index contributed by atoms with van der Waals surface area (Å²) >= 11 is 3.62. The van der Waals surface area contributed by atoms with Crippen LogP contribution in [0.3, 0.4) is 0 Å². The van der Waals surface area contributed by atoms with E-state index in [4.69, 9.17) is 9.47 Å². The van der Waals surface area contributed by atoms with E-state index < -0.39 is 0 Å². The average molecular weight is 425 g/mol. The average Bonchev–Trinajstić information content (AvgIpc) is 3.16. The fourth-order valence-corrected chi connectivity index (χ4v) is 3.71. The Bertz CT molecular complexity index is 974. The Kier molecular flexibility index (Phi) is 5.14. The molecule has 0 amide bonds. The lowest BCUT2D eigenvalue weighted by molar-refractivity contribution is 0.133. The molecule has 0 aliphatic carbocycles. The van der Waals surface area contributed by atoms with Crippen molar-refractivity contribution < 1.29 is 9.47 Å². The van der Waals surface area contributed by atoms with Gasteiger partial charge in [-0.3, -0.25) is 4.98 Å². The summed E-state index contributed by atoms with van der Waals surface area (Å²) in [5, 5.41) is 3.60. The highest BCUT2D eigenvalue weighted by molar-refractivity contribution is 9.10. The van der Waals surface area contributed by atoms with Crippen LogP contribution in [0.25, 0.3) is 0 Å². The highest BCUT2D eigenvalue weighted by Gasteiger charge is 2.20. The number of nitrogens with zero attached hydrogens (tertiary/aromatic N) is 1. The summed E-state index contributed by atoms with van der Waals surface area (Å²) in [7, 11) is 0. The third kappa shape index (κ3) is 3.70. The fourth-order valence-electron chi connectivity index (χ4n) is 3.27. The predicted molar refractivity (Wildman–Crippen MR) is 110 cm³/mol. The van der Waals surface area contributed by atoms with Crippen LogP contribution in [0.1, 0.15) is 27.9 Å². The maximum atomic E-state index is 6.09. The third-order valence-corrected chi connectivity index (χ3v) is 5.42. The molecular formula is C22H21BrN2O2. The first-order valence-electron chi connectivity index (χ1n) is 8.91. The fraction of sp³-hybridized carbons (Fsp3) is 0.227. The molecule has 0 saturated carbocycles. The van der Waals surface area contributed by atoms with E-state index in [1.165, 1.54) is 0 Å². The highest BCUT2D eigenvalue weighted by atomic mass is 79.9. The van der Waals surface area contributed by atoms with Crippen LogP contribution in [0.4, 0.5) is 11.4 Å². The zero-order chi connectivity index (χ0) is 18.8. The summed E-state index contributed by atoms with van der Waals surface area (Å²) < 4.78 is 12.6. The van der Waals surface area contributed by atoms with Gasteiger partial charge >= 0.3 is 0 Å². The molecule has 0 saturated heterocycles. The molecule has 1 aliphatic rings. The van der Waals surface area contributed by atoms with Crippen LogP contribution in [0.2, 0.25) is 0 Å². The number of nitrogens with one attached hydrogen (secondary N) is 1. The Labute approximate surface area is 167 Å². The Morgan fingerprint density at radius 1 is 1.07 bits per heavy atom. The SMILES string of the molecule is Cc1ccc(OCc2ccccc2)c(C)c1Nc1c(Br)cnc2c1COC2. The van der Waals surface area contributed by atoms with Gasteiger partial charge in [0.1, 0.15) is 12.4 Å². The standard InChI is InChI=1S/C22H21BrN2O2/c1-14-8-9-20(27-11-16-6-4-3-5-7-16)15(2)21(14)25-22-17-12-26-13-19(17)24-10-18(22)23/h3-10H,11-13H2,1-2H3,(H,24,25). The minimum atomic E-state index is 0.548. The number of ether oxygens (including phenoxy) is 2. The molecule has 0 atom stereocenters. The Morgan fingerprint density at radius 2 is 1.89 bits per heavy atom. The molecule has 27 heavy (non-hydrogen) atoms. The molecule has 0 bridgehead atoms. The van der Waals surface area contributed by atoms with E-state index >= 15 is 0 Å². The van der Waals surface area contributed by atoms with E-state index in [2.05, 4.69) is 58.3 Å². The summed E-state index contributed by atoms with van der Waals surface area (Å²) in [5.74, 6) is 0.880. The van der Waals surface area contributed by atoms with Crippen molar-refractivity contribution in [1.82, 2.24) is 4.98 Å². The smallest absolute Gasteiger partial charge is 0.124 e. The van der Waals surface area contributed by atoms with Gasteiger partial charge in [-0.2, -0.15) is 0 Å². The van der Waals surface area contributed by atoms with Crippen LogP contribution in [0.5, 0.6) is 5.75 Å². The van der Waals surface area contributed by atoms with E-state index in [9.17, 15) is 0 Å². The van der Waals surface area contributed by atoms with Crippen LogP contribution in [-0.4, -0.2) is 4.98 Å². The molecule has 4 nitrogen and oxygen atoms in total. The lowest BCUT2D eigenvalue weighted by atomic mass is 10.1. The van der Waals surface area contributed by atoms with Crippen molar-refractivity contribution in [3.05, 3.63) is 81.1 Å². The normalized spacial score (nSPS) is 12.7. The number of benzene rings is 2. The number of anilines is 2. The van der Waals surface area contributed by atoms with Gasteiger partial charge in [0.15, 0.2) is 0 Å². The van der Waals surface area contributed by atoms with Crippen LogP contribution in [-0.2, 0) is 24.6 Å². The first-order valence-corrected chi connectivity index (χ1v) is 9.70. The maximum Gasteiger partial charge on any atom is 0.124 e. The Hall–Kier alpha value is -2.37. The molecule has 1 aliphatic heterocycles. The number of aryl methyl sites for hydroxylation is 1. The van der Waals surface area contributed by atoms with Crippen LogP contribution in [0.15, 0.2) is 53.1 Å². The van der Waals surface area contributed by atoms with Gasteiger partial charge in [0.25, 0.3) is 0 Å². The van der Waals surface area contributed by atoms with E-state index in [1.807, 2.05) is 30.5 Å².